The number of hydrogen-bond acceptors (Lipinski definition) is 4. The minimum absolute atomic E-state index is 0.143. The van der Waals surface area contributed by atoms with E-state index in [1.807, 2.05) is 60.7 Å². The van der Waals surface area contributed by atoms with Crippen LogP contribution < -0.4 is 5.32 Å². The highest BCUT2D eigenvalue weighted by Crippen LogP contribution is 2.29. The molecule has 4 nitrogen and oxygen atoms in total. The number of rotatable bonds is 5. The van der Waals surface area contributed by atoms with Crippen molar-refractivity contribution in [1.82, 2.24) is 10.2 Å². The van der Waals surface area contributed by atoms with Gasteiger partial charge >= 0.3 is 0 Å². The summed E-state index contributed by atoms with van der Waals surface area (Å²) >= 11 is 0. The Kier molecular flexibility index (Phi) is 4.61. The zero-order valence-corrected chi connectivity index (χ0v) is 14.1. The van der Waals surface area contributed by atoms with Gasteiger partial charge in [-0.15, -0.1) is 10.2 Å². The second-order valence-corrected chi connectivity index (χ2v) is 5.92. The van der Waals surface area contributed by atoms with Crippen molar-refractivity contribution in [2.24, 2.45) is 0 Å². The van der Waals surface area contributed by atoms with Crippen LogP contribution in [0.5, 0.6) is 0 Å². The summed E-state index contributed by atoms with van der Waals surface area (Å²) in [6, 6.07) is 21.5. The third kappa shape index (κ3) is 3.69. The average molecular weight is 363 g/mol. The van der Waals surface area contributed by atoms with Gasteiger partial charge in [-0.3, -0.25) is 0 Å². The Morgan fingerprint density at radius 1 is 0.815 bits per heavy atom. The van der Waals surface area contributed by atoms with Crippen LogP contribution in [0, 0.1) is 11.6 Å². The molecule has 0 amide bonds. The van der Waals surface area contributed by atoms with Gasteiger partial charge in [0.15, 0.2) is 0 Å². The van der Waals surface area contributed by atoms with E-state index in [4.69, 9.17) is 4.42 Å². The van der Waals surface area contributed by atoms with Gasteiger partial charge in [0.05, 0.1) is 5.69 Å². The van der Waals surface area contributed by atoms with Crippen LogP contribution in [-0.2, 0) is 0 Å². The van der Waals surface area contributed by atoms with Gasteiger partial charge in [-0.1, -0.05) is 48.5 Å². The SMILES string of the molecule is Fc1ccc(NC(c2ccccc2)c2nnc(-c3ccccc3)o2)c(F)c1. The van der Waals surface area contributed by atoms with Crippen molar-refractivity contribution < 1.29 is 13.2 Å². The summed E-state index contributed by atoms with van der Waals surface area (Å²) in [6.45, 7) is 0. The van der Waals surface area contributed by atoms with E-state index in [2.05, 4.69) is 15.5 Å². The number of benzene rings is 3. The van der Waals surface area contributed by atoms with E-state index in [9.17, 15) is 8.78 Å². The van der Waals surface area contributed by atoms with Crippen molar-refractivity contribution in [2.45, 2.75) is 6.04 Å². The molecule has 0 spiro atoms. The van der Waals surface area contributed by atoms with Crippen LogP contribution in [0.4, 0.5) is 14.5 Å². The molecule has 4 aromatic rings. The van der Waals surface area contributed by atoms with Gasteiger partial charge in [0, 0.05) is 11.6 Å². The first-order valence-electron chi connectivity index (χ1n) is 8.36. The monoisotopic (exact) mass is 363 g/mol. The standard InChI is InChI=1S/C21H15F2N3O/c22-16-11-12-18(17(23)13-16)24-19(14-7-3-1-4-8-14)21-26-25-20(27-21)15-9-5-2-6-10-15/h1-13,19,24H. The molecule has 134 valence electrons. The fourth-order valence-corrected chi connectivity index (χ4v) is 2.74. The molecular weight excluding hydrogens is 348 g/mol. The number of nitrogens with one attached hydrogen (secondary N) is 1. The summed E-state index contributed by atoms with van der Waals surface area (Å²) in [7, 11) is 0. The molecule has 1 N–H and O–H groups in total. The molecule has 6 heteroatoms. The lowest BCUT2D eigenvalue weighted by Gasteiger charge is -2.17. The predicted molar refractivity (Wildman–Crippen MR) is 98.0 cm³/mol. The molecule has 0 saturated heterocycles. The summed E-state index contributed by atoms with van der Waals surface area (Å²) in [5.74, 6) is -0.686. The van der Waals surface area contributed by atoms with Gasteiger partial charge in [0.25, 0.3) is 0 Å². The normalized spacial score (nSPS) is 11.9. The molecule has 1 heterocycles. The van der Waals surface area contributed by atoms with Crippen LogP contribution in [0.1, 0.15) is 17.5 Å². The summed E-state index contributed by atoms with van der Waals surface area (Å²) in [4.78, 5) is 0. The van der Waals surface area contributed by atoms with Crippen LogP contribution in [-0.4, -0.2) is 10.2 Å². The summed E-state index contributed by atoms with van der Waals surface area (Å²) < 4.78 is 33.2. The Hall–Kier alpha value is -3.54. The van der Waals surface area contributed by atoms with Crippen LogP contribution >= 0.6 is 0 Å². The number of hydrogen-bond donors (Lipinski definition) is 1. The molecular formula is C21H15F2N3O. The first kappa shape index (κ1) is 16.9. The molecule has 0 aliphatic heterocycles. The average Bonchev–Trinajstić information content (AvgIpc) is 3.19. The molecule has 0 radical (unpaired) electrons. The molecule has 0 aliphatic carbocycles. The van der Waals surface area contributed by atoms with E-state index < -0.39 is 17.7 Å². The lowest BCUT2D eigenvalue weighted by molar-refractivity contribution is 0.492. The molecule has 27 heavy (non-hydrogen) atoms. The first-order valence-corrected chi connectivity index (χ1v) is 8.36. The quantitative estimate of drug-likeness (QED) is 0.528. The third-order valence-electron chi connectivity index (χ3n) is 4.07. The van der Waals surface area contributed by atoms with Crippen molar-refractivity contribution in [1.29, 1.82) is 0 Å². The predicted octanol–water partition coefficient (Wildman–Crippen LogP) is 5.22. The summed E-state index contributed by atoms with van der Waals surface area (Å²) in [6.07, 6.45) is 0. The molecule has 0 bridgehead atoms. The molecule has 3 aromatic carbocycles. The van der Waals surface area contributed by atoms with Gasteiger partial charge in [0.1, 0.15) is 17.7 Å². The van der Waals surface area contributed by atoms with E-state index in [1.54, 1.807) is 0 Å². The third-order valence-corrected chi connectivity index (χ3v) is 4.07. The highest BCUT2D eigenvalue weighted by molar-refractivity contribution is 5.53. The Balaban J connectivity index is 1.72. The fraction of sp³-hybridized carbons (Fsp3) is 0.0476. The van der Waals surface area contributed by atoms with Gasteiger partial charge in [-0.05, 0) is 29.8 Å². The first-order chi connectivity index (χ1) is 13.2. The van der Waals surface area contributed by atoms with Crippen LogP contribution in [0.15, 0.2) is 83.3 Å². The smallest absolute Gasteiger partial charge is 0.247 e. The minimum Gasteiger partial charge on any atom is -0.418 e. The zero-order valence-electron chi connectivity index (χ0n) is 14.1. The van der Waals surface area contributed by atoms with Crippen molar-refractivity contribution in [3.05, 3.63) is 102 Å². The van der Waals surface area contributed by atoms with Crippen molar-refractivity contribution in [2.75, 3.05) is 5.32 Å². The molecule has 1 aromatic heterocycles. The lowest BCUT2D eigenvalue weighted by Crippen LogP contribution is -2.14. The summed E-state index contributed by atoms with van der Waals surface area (Å²) in [5.41, 5.74) is 1.74. The Morgan fingerprint density at radius 3 is 2.22 bits per heavy atom. The van der Waals surface area contributed by atoms with Gasteiger partial charge in [0.2, 0.25) is 11.8 Å². The van der Waals surface area contributed by atoms with E-state index in [-0.39, 0.29) is 11.6 Å². The highest BCUT2D eigenvalue weighted by Gasteiger charge is 2.22. The maximum Gasteiger partial charge on any atom is 0.247 e. The largest absolute Gasteiger partial charge is 0.418 e. The minimum atomic E-state index is -0.696. The molecule has 0 fully saturated rings. The van der Waals surface area contributed by atoms with E-state index in [0.717, 1.165) is 17.2 Å². The number of aromatic nitrogens is 2. The number of nitrogens with zero attached hydrogens (tertiary/aromatic N) is 2. The Morgan fingerprint density at radius 2 is 1.52 bits per heavy atom. The second-order valence-electron chi connectivity index (χ2n) is 5.92. The van der Waals surface area contributed by atoms with Crippen LogP contribution in [0.2, 0.25) is 0 Å². The fourth-order valence-electron chi connectivity index (χ4n) is 2.74. The zero-order chi connectivity index (χ0) is 18.6. The Bertz CT molecular complexity index is 1040. The molecule has 1 unspecified atom stereocenters. The highest BCUT2D eigenvalue weighted by atomic mass is 19.1. The second kappa shape index (κ2) is 7.37. The van der Waals surface area contributed by atoms with E-state index in [0.29, 0.717) is 5.89 Å². The van der Waals surface area contributed by atoms with E-state index in [1.165, 1.54) is 12.1 Å². The van der Waals surface area contributed by atoms with Crippen molar-refractivity contribution in [3.63, 3.8) is 0 Å². The van der Waals surface area contributed by atoms with Gasteiger partial charge < -0.3 is 9.73 Å². The molecule has 4 rings (SSSR count). The van der Waals surface area contributed by atoms with Gasteiger partial charge in [-0.2, -0.15) is 0 Å². The van der Waals surface area contributed by atoms with E-state index >= 15 is 0 Å². The number of halogens is 2. The van der Waals surface area contributed by atoms with Gasteiger partial charge in [-0.25, -0.2) is 8.78 Å². The van der Waals surface area contributed by atoms with Crippen LogP contribution in [0.3, 0.4) is 0 Å². The Labute approximate surface area is 154 Å². The molecule has 1 atom stereocenters. The maximum absolute atomic E-state index is 14.1. The lowest BCUT2D eigenvalue weighted by atomic mass is 10.1. The molecule has 0 saturated carbocycles. The topological polar surface area (TPSA) is 51.0 Å². The molecule has 0 aliphatic rings. The summed E-state index contributed by atoms with van der Waals surface area (Å²) in [5, 5.41) is 11.3. The van der Waals surface area contributed by atoms with Crippen molar-refractivity contribution in [3.8, 4) is 11.5 Å². The van der Waals surface area contributed by atoms with Crippen molar-refractivity contribution >= 4 is 5.69 Å². The maximum atomic E-state index is 14.1. The number of anilines is 1. The van der Waals surface area contributed by atoms with Crippen LogP contribution in [0.25, 0.3) is 11.5 Å².